The molecule has 7 nitrogen and oxygen atoms in total. The summed E-state index contributed by atoms with van der Waals surface area (Å²) in [6, 6.07) is 7.73. The van der Waals surface area contributed by atoms with E-state index in [0.717, 1.165) is 27.8 Å². The third-order valence-corrected chi connectivity index (χ3v) is 4.56. The Morgan fingerprint density at radius 1 is 1.32 bits per heavy atom. The van der Waals surface area contributed by atoms with E-state index >= 15 is 0 Å². The molecule has 1 aromatic heterocycles. The smallest absolute Gasteiger partial charge is 0.221 e. The van der Waals surface area contributed by atoms with Crippen LogP contribution in [-0.4, -0.2) is 42.2 Å². The molecular formula is C17H21N3O4S. The minimum absolute atomic E-state index is 0.00735. The van der Waals surface area contributed by atoms with Crippen LogP contribution in [0.4, 0.5) is 0 Å². The van der Waals surface area contributed by atoms with E-state index in [9.17, 15) is 4.79 Å². The van der Waals surface area contributed by atoms with Crippen molar-refractivity contribution in [3.8, 4) is 11.5 Å². The van der Waals surface area contributed by atoms with Gasteiger partial charge in [0.05, 0.1) is 24.5 Å². The number of fused-ring (bicyclic) bond motifs is 1. The zero-order valence-electron chi connectivity index (χ0n) is 14.0. The molecule has 2 heterocycles. The largest absolute Gasteiger partial charge is 0.486 e. The second-order valence-electron chi connectivity index (χ2n) is 5.50. The summed E-state index contributed by atoms with van der Waals surface area (Å²) in [5.41, 5.74) is 1.68. The lowest BCUT2D eigenvalue weighted by molar-refractivity contribution is -0.120. The number of carbonyl (C=O) groups excluding carboxylic acids is 1. The summed E-state index contributed by atoms with van der Waals surface area (Å²) in [6.07, 6.45) is 0.443. The number of amides is 1. The van der Waals surface area contributed by atoms with Crippen LogP contribution in [-0.2, 0) is 22.7 Å². The Morgan fingerprint density at radius 3 is 3.00 bits per heavy atom. The average Bonchev–Trinajstić information content (AvgIpc) is 3.08. The minimum atomic E-state index is 0.00735. The average molecular weight is 363 g/mol. The molecule has 0 bridgehead atoms. The van der Waals surface area contributed by atoms with Crippen molar-refractivity contribution in [2.75, 3.05) is 26.1 Å². The first-order valence-electron chi connectivity index (χ1n) is 8.06. The SMILES string of the molecule is COCc1cc(CNC(=O)CCSc2ccc3c(c2)OCCO3)[nH]n1. The highest BCUT2D eigenvalue weighted by molar-refractivity contribution is 7.99. The van der Waals surface area contributed by atoms with Crippen LogP contribution in [0.25, 0.3) is 0 Å². The molecular weight excluding hydrogens is 342 g/mol. The lowest BCUT2D eigenvalue weighted by Crippen LogP contribution is -2.23. The van der Waals surface area contributed by atoms with E-state index < -0.39 is 0 Å². The predicted octanol–water partition coefficient (Wildman–Crippen LogP) is 2.13. The molecule has 1 aromatic carbocycles. The molecule has 3 rings (SSSR count). The summed E-state index contributed by atoms with van der Waals surface area (Å²) in [5, 5.41) is 9.86. The van der Waals surface area contributed by atoms with Crippen LogP contribution < -0.4 is 14.8 Å². The molecule has 1 aliphatic heterocycles. The van der Waals surface area contributed by atoms with Crippen LogP contribution in [0.15, 0.2) is 29.2 Å². The van der Waals surface area contributed by atoms with E-state index in [1.165, 1.54) is 0 Å². The number of nitrogens with zero attached hydrogens (tertiary/aromatic N) is 1. The lowest BCUT2D eigenvalue weighted by atomic mass is 10.3. The summed E-state index contributed by atoms with van der Waals surface area (Å²) >= 11 is 1.62. The van der Waals surface area contributed by atoms with Crippen molar-refractivity contribution < 1.29 is 19.0 Å². The number of nitrogens with one attached hydrogen (secondary N) is 2. The van der Waals surface area contributed by atoms with Crippen LogP contribution >= 0.6 is 11.8 Å². The number of aromatic nitrogens is 2. The van der Waals surface area contributed by atoms with Crippen molar-refractivity contribution in [3.63, 3.8) is 0 Å². The van der Waals surface area contributed by atoms with Gasteiger partial charge in [-0.2, -0.15) is 5.10 Å². The number of benzene rings is 1. The summed E-state index contributed by atoms with van der Waals surface area (Å²) < 4.78 is 16.1. The second-order valence-corrected chi connectivity index (χ2v) is 6.67. The predicted molar refractivity (Wildman–Crippen MR) is 93.9 cm³/mol. The van der Waals surface area contributed by atoms with Crippen molar-refractivity contribution in [1.82, 2.24) is 15.5 Å². The van der Waals surface area contributed by atoms with Gasteiger partial charge >= 0.3 is 0 Å². The molecule has 0 atom stereocenters. The van der Waals surface area contributed by atoms with Gasteiger partial charge in [-0.25, -0.2) is 0 Å². The summed E-state index contributed by atoms with van der Waals surface area (Å²) in [5.74, 6) is 2.25. The van der Waals surface area contributed by atoms with E-state index in [1.54, 1.807) is 18.9 Å². The van der Waals surface area contributed by atoms with E-state index in [0.29, 0.717) is 38.5 Å². The molecule has 0 radical (unpaired) electrons. The maximum Gasteiger partial charge on any atom is 0.221 e. The van der Waals surface area contributed by atoms with Gasteiger partial charge in [-0.05, 0) is 24.3 Å². The molecule has 0 saturated carbocycles. The molecule has 1 aliphatic rings. The summed E-state index contributed by atoms with van der Waals surface area (Å²) in [4.78, 5) is 13.0. The molecule has 0 fully saturated rings. The van der Waals surface area contributed by atoms with Gasteiger partial charge in [0.1, 0.15) is 13.2 Å². The highest BCUT2D eigenvalue weighted by Gasteiger charge is 2.12. The molecule has 134 valence electrons. The zero-order valence-corrected chi connectivity index (χ0v) is 14.9. The maximum absolute atomic E-state index is 11.9. The normalized spacial score (nSPS) is 12.8. The fraction of sp³-hybridized carbons (Fsp3) is 0.412. The van der Waals surface area contributed by atoms with Gasteiger partial charge < -0.3 is 19.5 Å². The molecule has 0 aliphatic carbocycles. The van der Waals surface area contributed by atoms with Crippen LogP contribution in [0.5, 0.6) is 11.5 Å². The van der Waals surface area contributed by atoms with Crippen molar-refractivity contribution in [2.45, 2.75) is 24.5 Å². The van der Waals surface area contributed by atoms with Gasteiger partial charge in [0, 0.05) is 24.2 Å². The van der Waals surface area contributed by atoms with Crippen LogP contribution in [0.2, 0.25) is 0 Å². The maximum atomic E-state index is 11.9. The summed E-state index contributed by atoms with van der Waals surface area (Å²) in [6.45, 7) is 2.05. The quantitative estimate of drug-likeness (QED) is 0.699. The van der Waals surface area contributed by atoms with Crippen LogP contribution in [0.3, 0.4) is 0 Å². The van der Waals surface area contributed by atoms with Gasteiger partial charge in [0.15, 0.2) is 11.5 Å². The topological polar surface area (TPSA) is 85.5 Å². The van der Waals surface area contributed by atoms with Crippen LogP contribution in [0, 0.1) is 0 Å². The van der Waals surface area contributed by atoms with Crippen molar-refractivity contribution in [1.29, 1.82) is 0 Å². The number of methoxy groups -OCH3 is 1. The number of carbonyl (C=O) groups is 1. The molecule has 1 amide bonds. The third-order valence-electron chi connectivity index (χ3n) is 3.56. The number of ether oxygens (including phenoxy) is 3. The van der Waals surface area contributed by atoms with E-state index in [2.05, 4.69) is 15.5 Å². The first-order chi connectivity index (χ1) is 12.2. The van der Waals surface area contributed by atoms with Crippen molar-refractivity contribution >= 4 is 17.7 Å². The Morgan fingerprint density at radius 2 is 2.16 bits per heavy atom. The Labute approximate surface area is 150 Å². The monoisotopic (exact) mass is 363 g/mol. The first-order valence-corrected chi connectivity index (χ1v) is 9.04. The Hall–Kier alpha value is -2.19. The lowest BCUT2D eigenvalue weighted by Gasteiger charge is -2.18. The highest BCUT2D eigenvalue weighted by atomic mass is 32.2. The van der Waals surface area contributed by atoms with E-state index in [4.69, 9.17) is 14.2 Å². The van der Waals surface area contributed by atoms with Gasteiger partial charge in [-0.1, -0.05) is 0 Å². The Bertz CT molecular complexity index is 720. The molecule has 25 heavy (non-hydrogen) atoms. The van der Waals surface area contributed by atoms with E-state index in [-0.39, 0.29) is 5.91 Å². The molecule has 2 N–H and O–H groups in total. The van der Waals surface area contributed by atoms with Gasteiger partial charge in [0.2, 0.25) is 5.91 Å². The Kier molecular flexibility index (Phi) is 6.19. The number of thioether (sulfide) groups is 1. The molecule has 0 unspecified atom stereocenters. The minimum Gasteiger partial charge on any atom is -0.486 e. The molecule has 0 saturated heterocycles. The standard InChI is InChI=1S/C17H21N3O4S/c1-22-11-13-8-12(19-20-13)10-18-17(21)4-7-25-14-2-3-15-16(9-14)24-6-5-23-15/h2-3,8-9H,4-7,10-11H2,1H3,(H,18,21)(H,19,20). The molecule has 2 aromatic rings. The number of hydrogen-bond donors (Lipinski definition) is 2. The van der Waals surface area contributed by atoms with Crippen molar-refractivity contribution in [2.24, 2.45) is 0 Å². The number of rotatable bonds is 8. The zero-order chi connectivity index (χ0) is 17.5. The second kappa shape index (κ2) is 8.77. The number of H-pyrrole nitrogens is 1. The molecule has 8 heteroatoms. The summed E-state index contributed by atoms with van der Waals surface area (Å²) in [7, 11) is 1.62. The fourth-order valence-corrected chi connectivity index (χ4v) is 3.26. The Balaban J connectivity index is 1.38. The highest BCUT2D eigenvalue weighted by Crippen LogP contribution is 2.34. The molecule has 0 spiro atoms. The number of hydrogen-bond acceptors (Lipinski definition) is 6. The van der Waals surface area contributed by atoms with Gasteiger partial charge in [-0.3, -0.25) is 9.89 Å². The number of aromatic amines is 1. The van der Waals surface area contributed by atoms with Gasteiger partial charge in [-0.15, -0.1) is 11.8 Å². The van der Waals surface area contributed by atoms with Crippen LogP contribution in [0.1, 0.15) is 17.8 Å². The van der Waals surface area contributed by atoms with E-state index in [1.807, 2.05) is 24.3 Å². The van der Waals surface area contributed by atoms with Crippen molar-refractivity contribution in [3.05, 3.63) is 35.7 Å². The first kappa shape index (κ1) is 17.6. The fourth-order valence-electron chi connectivity index (χ4n) is 2.38. The third kappa shape index (κ3) is 5.14. The van der Waals surface area contributed by atoms with Gasteiger partial charge in [0.25, 0.3) is 0 Å².